The van der Waals surface area contributed by atoms with E-state index in [0.29, 0.717) is 23.0 Å². The van der Waals surface area contributed by atoms with Gasteiger partial charge in [0.2, 0.25) is 5.78 Å². The Morgan fingerprint density at radius 2 is 1.74 bits per heavy atom. The van der Waals surface area contributed by atoms with Gasteiger partial charge in [-0.05, 0) is 24.1 Å². The zero-order chi connectivity index (χ0) is 19.1. The van der Waals surface area contributed by atoms with E-state index in [-0.39, 0.29) is 23.8 Å². The van der Waals surface area contributed by atoms with Crippen LogP contribution in [0.4, 0.5) is 4.39 Å². The van der Waals surface area contributed by atoms with E-state index in [0.717, 1.165) is 0 Å². The van der Waals surface area contributed by atoms with Crippen LogP contribution in [0.25, 0.3) is 16.7 Å². The van der Waals surface area contributed by atoms with Gasteiger partial charge in [0.05, 0.1) is 17.4 Å². The molecular weight excluding hydrogens is 347 g/mol. The number of fused-ring (bicyclic) bond motifs is 3. The predicted molar refractivity (Wildman–Crippen MR) is 102 cm³/mol. The van der Waals surface area contributed by atoms with Crippen molar-refractivity contribution < 1.29 is 4.39 Å². The molecule has 27 heavy (non-hydrogen) atoms. The maximum absolute atomic E-state index is 14.0. The molecule has 0 aliphatic heterocycles. The maximum Gasteiger partial charge on any atom is 0.352 e. The van der Waals surface area contributed by atoms with Gasteiger partial charge in [0, 0.05) is 12.1 Å². The zero-order valence-corrected chi connectivity index (χ0v) is 15.1. The molecule has 0 saturated carbocycles. The van der Waals surface area contributed by atoms with Gasteiger partial charge in [0.1, 0.15) is 5.82 Å². The Hall–Kier alpha value is -3.22. The van der Waals surface area contributed by atoms with E-state index in [1.807, 2.05) is 13.8 Å². The number of benzene rings is 2. The average Bonchev–Trinajstić information content (AvgIpc) is 2.97. The fourth-order valence-corrected chi connectivity index (χ4v) is 3.29. The standard InChI is InChI=1S/C20H19FN4O2/c1-13(2)11-23-18(26)15-8-4-6-10-17(15)25-19(23)22-24(20(25)27)12-14-7-3-5-9-16(14)21/h3-10,13H,11-12H2,1-2H3. The number of nitrogens with zero attached hydrogens (tertiary/aromatic N) is 4. The van der Waals surface area contributed by atoms with Crippen molar-refractivity contribution in [2.45, 2.75) is 26.9 Å². The summed E-state index contributed by atoms with van der Waals surface area (Å²) in [4.78, 5) is 26.0. The zero-order valence-electron chi connectivity index (χ0n) is 15.1. The molecular formula is C20H19FN4O2. The number of halogens is 1. The fraction of sp³-hybridized carbons (Fsp3) is 0.250. The molecule has 0 N–H and O–H groups in total. The Labute approximate surface area is 154 Å². The van der Waals surface area contributed by atoms with Crippen molar-refractivity contribution >= 4 is 16.7 Å². The molecule has 138 valence electrons. The predicted octanol–water partition coefficient (Wildman–Crippen LogP) is 2.65. The van der Waals surface area contributed by atoms with E-state index in [1.54, 1.807) is 42.5 Å². The van der Waals surface area contributed by atoms with Gasteiger partial charge >= 0.3 is 5.69 Å². The third-order valence-corrected chi connectivity index (χ3v) is 4.51. The number of hydrogen-bond donors (Lipinski definition) is 0. The number of hydrogen-bond acceptors (Lipinski definition) is 3. The van der Waals surface area contributed by atoms with Crippen LogP contribution in [0.5, 0.6) is 0 Å². The summed E-state index contributed by atoms with van der Waals surface area (Å²) < 4.78 is 18.2. The minimum Gasteiger partial charge on any atom is -0.276 e. The van der Waals surface area contributed by atoms with Gasteiger partial charge in [-0.3, -0.25) is 9.36 Å². The Morgan fingerprint density at radius 3 is 2.48 bits per heavy atom. The smallest absolute Gasteiger partial charge is 0.276 e. The van der Waals surface area contributed by atoms with Crippen LogP contribution in [-0.4, -0.2) is 18.7 Å². The summed E-state index contributed by atoms with van der Waals surface area (Å²) in [6.45, 7) is 4.42. The van der Waals surface area contributed by atoms with Crippen LogP contribution < -0.4 is 11.2 Å². The van der Waals surface area contributed by atoms with Crippen molar-refractivity contribution in [2.75, 3.05) is 0 Å². The summed E-state index contributed by atoms with van der Waals surface area (Å²) >= 11 is 0. The molecule has 4 rings (SSSR count). The van der Waals surface area contributed by atoms with Gasteiger partial charge in [-0.15, -0.1) is 5.10 Å². The van der Waals surface area contributed by atoms with Crippen molar-refractivity contribution in [1.29, 1.82) is 0 Å². The van der Waals surface area contributed by atoms with Gasteiger partial charge in [-0.2, -0.15) is 0 Å². The van der Waals surface area contributed by atoms with E-state index >= 15 is 0 Å². The summed E-state index contributed by atoms with van der Waals surface area (Å²) in [5.41, 5.74) is 0.282. The van der Waals surface area contributed by atoms with Crippen LogP contribution >= 0.6 is 0 Å². The van der Waals surface area contributed by atoms with Crippen LogP contribution in [0.2, 0.25) is 0 Å². The van der Waals surface area contributed by atoms with Crippen LogP contribution in [0.15, 0.2) is 58.1 Å². The molecule has 2 heterocycles. The van der Waals surface area contributed by atoms with Crippen molar-refractivity contribution in [3.8, 4) is 0 Å². The molecule has 6 nitrogen and oxygen atoms in total. The molecule has 0 saturated heterocycles. The van der Waals surface area contributed by atoms with Gasteiger partial charge in [-0.25, -0.2) is 18.3 Å². The van der Waals surface area contributed by atoms with Crippen molar-refractivity contribution in [2.24, 2.45) is 5.92 Å². The molecule has 0 bridgehead atoms. The number of rotatable bonds is 4. The van der Waals surface area contributed by atoms with Crippen LogP contribution in [0, 0.1) is 11.7 Å². The quantitative estimate of drug-likeness (QED) is 0.558. The first kappa shape index (κ1) is 17.2. The second-order valence-corrected chi connectivity index (χ2v) is 6.99. The minimum absolute atomic E-state index is 0.00260. The van der Waals surface area contributed by atoms with E-state index in [9.17, 15) is 14.0 Å². The van der Waals surface area contributed by atoms with E-state index < -0.39 is 11.5 Å². The first-order valence-corrected chi connectivity index (χ1v) is 8.82. The Morgan fingerprint density at radius 1 is 1.04 bits per heavy atom. The Bertz CT molecular complexity index is 1270. The highest BCUT2D eigenvalue weighted by molar-refractivity contribution is 5.79. The molecule has 0 atom stereocenters. The van der Waals surface area contributed by atoms with Crippen molar-refractivity contribution in [1.82, 2.24) is 18.7 Å². The van der Waals surface area contributed by atoms with Crippen molar-refractivity contribution in [3.63, 3.8) is 0 Å². The Balaban J connectivity index is 2.03. The SMILES string of the molecule is CC(C)Cn1c(=O)c2ccccc2n2c(=O)n(Cc3ccccc3F)nc12. The molecule has 4 aromatic rings. The van der Waals surface area contributed by atoms with Crippen molar-refractivity contribution in [3.05, 3.63) is 80.7 Å². The van der Waals surface area contributed by atoms with E-state index in [4.69, 9.17) is 0 Å². The Kier molecular flexibility index (Phi) is 4.14. The lowest BCUT2D eigenvalue weighted by Crippen LogP contribution is -2.27. The molecule has 0 spiro atoms. The largest absolute Gasteiger partial charge is 0.352 e. The first-order valence-electron chi connectivity index (χ1n) is 8.82. The third-order valence-electron chi connectivity index (χ3n) is 4.51. The topological polar surface area (TPSA) is 61.3 Å². The second kappa shape index (κ2) is 6.50. The second-order valence-electron chi connectivity index (χ2n) is 6.99. The normalized spacial score (nSPS) is 11.7. The minimum atomic E-state index is -0.401. The molecule has 0 amide bonds. The van der Waals surface area contributed by atoms with Gasteiger partial charge in [0.15, 0.2) is 0 Å². The lowest BCUT2D eigenvalue weighted by atomic mass is 10.2. The highest BCUT2D eigenvalue weighted by Gasteiger charge is 2.18. The molecule has 0 aliphatic carbocycles. The lowest BCUT2D eigenvalue weighted by Gasteiger charge is -2.11. The number of aromatic nitrogens is 4. The lowest BCUT2D eigenvalue weighted by molar-refractivity contribution is 0.515. The summed E-state index contributed by atoms with van der Waals surface area (Å²) in [7, 11) is 0. The first-order chi connectivity index (χ1) is 13.0. The summed E-state index contributed by atoms with van der Waals surface area (Å²) in [6, 6.07) is 13.2. The van der Waals surface area contributed by atoms with E-state index in [2.05, 4.69) is 5.10 Å². The molecule has 0 fully saturated rings. The molecule has 2 aromatic carbocycles. The molecule has 0 radical (unpaired) electrons. The molecule has 0 unspecified atom stereocenters. The van der Waals surface area contributed by atoms with E-state index in [1.165, 1.54) is 19.7 Å². The number of para-hydroxylation sites is 1. The molecule has 7 heteroatoms. The third kappa shape index (κ3) is 2.85. The van der Waals surface area contributed by atoms with Gasteiger partial charge in [0.25, 0.3) is 5.56 Å². The molecule has 2 aromatic heterocycles. The van der Waals surface area contributed by atoms with Crippen LogP contribution in [-0.2, 0) is 13.1 Å². The maximum atomic E-state index is 14.0. The van der Waals surface area contributed by atoms with Crippen LogP contribution in [0.3, 0.4) is 0 Å². The highest BCUT2D eigenvalue weighted by Crippen LogP contribution is 2.13. The van der Waals surface area contributed by atoms with Crippen LogP contribution in [0.1, 0.15) is 19.4 Å². The summed E-state index contributed by atoms with van der Waals surface area (Å²) in [5, 5.41) is 4.83. The average molecular weight is 366 g/mol. The summed E-state index contributed by atoms with van der Waals surface area (Å²) in [5.74, 6) is 0.0686. The van der Waals surface area contributed by atoms with Gasteiger partial charge in [-0.1, -0.05) is 44.2 Å². The highest BCUT2D eigenvalue weighted by atomic mass is 19.1. The fourth-order valence-electron chi connectivity index (χ4n) is 3.29. The van der Waals surface area contributed by atoms with Gasteiger partial charge < -0.3 is 0 Å². The monoisotopic (exact) mass is 366 g/mol. The summed E-state index contributed by atoms with van der Waals surface area (Å²) in [6.07, 6.45) is 0. The molecule has 0 aliphatic rings.